The van der Waals surface area contributed by atoms with Gasteiger partial charge in [-0.05, 0) is 129 Å². The molecule has 5 heterocycles. The molecule has 0 spiro atoms. The quantitative estimate of drug-likeness (QED) is 0.00750. The number of unbranched alkanes of at least 4 members (excludes halogenated alkanes) is 4. The molecular weight excluding hydrogens is 2600 g/mol. The molecule has 40 heteroatoms. The second-order valence-corrected chi connectivity index (χ2v) is 89.6. The summed E-state index contributed by atoms with van der Waals surface area (Å²) in [5, 5.41) is 53.8. The molecule has 5 saturated heterocycles. The third kappa shape index (κ3) is 68.7. The minimum absolute atomic E-state index is 0. The number of hydrogen-bond donors (Lipinski definition) is 8. The van der Waals surface area contributed by atoms with E-state index in [1.165, 1.54) is 102 Å². The van der Waals surface area contributed by atoms with Crippen LogP contribution in [0, 0.1) is 46.3 Å². The van der Waals surface area contributed by atoms with Crippen LogP contribution in [0.4, 0.5) is 0 Å². The third-order valence-corrected chi connectivity index (χ3v) is 24.6. The first-order chi connectivity index (χ1) is 63.5. The Balaban J connectivity index is 0. The molecule has 7 aromatic rings. The number of aliphatic hydroxyl groups is 2. The molecule has 0 amide bonds. The number of hydrogen-bond acceptors (Lipinski definition) is 22. The summed E-state index contributed by atoms with van der Waals surface area (Å²) in [6, 6.07) is 56.8. The van der Waals surface area contributed by atoms with E-state index in [4.69, 9.17) is 76.9 Å². The summed E-state index contributed by atoms with van der Waals surface area (Å²) in [7, 11) is 1.31. The summed E-state index contributed by atoms with van der Waals surface area (Å²) in [5.74, 6) is 7.93. The zero-order valence-corrected chi connectivity index (χ0v) is 104. The van der Waals surface area contributed by atoms with Crippen molar-refractivity contribution in [1.82, 2.24) is 0 Å². The molecular formula is C96H153B8Br2ClI5NO16S5V2. The Morgan fingerprint density at radius 3 is 0.743 bits per heavy atom. The molecule has 0 bridgehead atoms. The van der Waals surface area contributed by atoms with E-state index in [0.29, 0.717) is 20.4 Å². The Hall–Kier alpha value is 2.04. The number of thioether (sulfide) groups is 3. The molecule has 758 valence electrons. The van der Waals surface area contributed by atoms with E-state index >= 15 is 0 Å². The van der Waals surface area contributed by atoms with Gasteiger partial charge in [-0.2, -0.15) is 47.9 Å². The van der Waals surface area contributed by atoms with Crippen LogP contribution in [-0.2, 0) is 88.8 Å². The van der Waals surface area contributed by atoms with E-state index in [1.54, 1.807) is 38.1 Å². The first-order valence-electron chi connectivity index (χ1n) is 45.4. The second kappa shape index (κ2) is 81.8. The molecule has 12 rings (SSSR count). The van der Waals surface area contributed by atoms with E-state index in [9.17, 15) is 0 Å². The van der Waals surface area contributed by atoms with Gasteiger partial charge in [0.2, 0.25) is 0 Å². The molecule has 5 aliphatic heterocycles. The molecule has 5 aliphatic rings. The molecule has 1 radical (unpaired) electrons. The van der Waals surface area contributed by atoms with Crippen molar-refractivity contribution >= 4 is 301 Å². The van der Waals surface area contributed by atoms with E-state index in [2.05, 4.69) is 394 Å². The molecule has 0 aliphatic carbocycles. The van der Waals surface area contributed by atoms with Gasteiger partial charge in [-0.15, -0.1) is 12.4 Å². The van der Waals surface area contributed by atoms with Gasteiger partial charge in [-0.1, -0.05) is 357 Å². The predicted octanol–water partition coefficient (Wildman–Crippen LogP) is 21.9. The summed E-state index contributed by atoms with van der Waals surface area (Å²) in [4.78, 5) is -0.278. The van der Waals surface area contributed by atoms with Gasteiger partial charge >= 0.3 is 189 Å². The molecule has 0 saturated carbocycles. The van der Waals surface area contributed by atoms with Crippen molar-refractivity contribution in [2.24, 2.45) is 36.8 Å². The molecule has 0 atom stereocenters. The molecule has 0 aromatic heterocycles. The second-order valence-electron chi connectivity index (χ2n) is 37.3. The van der Waals surface area contributed by atoms with Crippen LogP contribution in [0.2, 0.25) is 0 Å². The standard InChI is InChI=1S/2C16H25BO2S.2C12H16BBrO2.C12H17BO2.C11H17BO2S.C7H9BO2.C5H12O2.C4H10S.CH4.BHNS.ClH.5HI.2V/c2*1-4-5-10-20-11-14-6-8-15(9-7-14)17-18-12-16(2,3)13-19-17;2*1-12(2)8-15-13(16-9-12)11-5-3-10(7-14)4-6-11;1-10-4-6-11(7-5-10)13-14-8-12(2,3)9-15-13;1-2-3-8-15-9-10-4-6-11(7-5-10)12(13)14;1-6-2-4-7(5-3-6)8(9)10;1-5(2,3-6)4-7;1-2-3-4-5;;1-2-3;;;;;;;;/h2*6-9H,4-5,10-13H2,1-3H3;2*3-6H,7-9H2,1-2H3;4-7H,8-9H2,1-3H3;4-7,13-14H,2-3,8-9H2,1H3;2-5,9-10H,1H3;6-7H,3-4H2,1-2H3;5H,2-4H2,1H3;1H4;3H;6*1H;;/q;;;;;;;;;;;;;;;;;+2;+3/p-5. The van der Waals surface area contributed by atoms with Crippen molar-refractivity contribution in [3.05, 3.63) is 209 Å². The van der Waals surface area contributed by atoms with Crippen LogP contribution >= 0.6 is 205 Å². The summed E-state index contributed by atoms with van der Waals surface area (Å²) in [5.41, 5.74) is 15.9. The van der Waals surface area contributed by atoms with Crippen LogP contribution in [0.15, 0.2) is 174 Å². The maximum atomic E-state index is 8.91. The summed E-state index contributed by atoms with van der Waals surface area (Å²) in [6.07, 6.45) is 10.2. The van der Waals surface area contributed by atoms with E-state index in [0.717, 1.165) is 133 Å². The number of rotatable bonds is 28. The van der Waals surface area contributed by atoms with E-state index in [-0.39, 0.29) is 106 Å². The van der Waals surface area contributed by atoms with Crippen molar-refractivity contribution in [2.75, 3.05) is 102 Å². The van der Waals surface area contributed by atoms with Crippen molar-refractivity contribution in [1.29, 1.82) is 0 Å². The van der Waals surface area contributed by atoms with Gasteiger partial charge in [-0.25, -0.2) is 0 Å². The summed E-state index contributed by atoms with van der Waals surface area (Å²) >= 11 is 32.1. The van der Waals surface area contributed by atoms with Gasteiger partial charge in [-0.3, -0.25) is 0 Å². The van der Waals surface area contributed by atoms with Crippen LogP contribution in [0.5, 0.6) is 0 Å². The number of alkyl halides is 2. The van der Waals surface area contributed by atoms with Gasteiger partial charge in [0.25, 0.3) is 0 Å². The van der Waals surface area contributed by atoms with Crippen molar-refractivity contribution in [3.8, 4) is 0 Å². The van der Waals surface area contributed by atoms with Crippen LogP contribution in [0.3, 0.4) is 0 Å². The third-order valence-electron chi connectivity index (χ3n) is 19.7. The van der Waals surface area contributed by atoms with Crippen molar-refractivity contribution in [2.45, 2.75) is 211 Å². The van der Waals surface area contributed by atoms with E-state index in [1.807, 2.05) is 66.5 Å². The van der Waals surface area contributed by atoms with Crippen molar-refractivity contribution < 1.29 is 91.2 Å². The van der Waals surface area contributed by atoms with Gasteiger partial charge in [0.15, 0.2) is 0 Å². The van der Waals surface area contributed by atoms with Gasteiger partial charge in [0, 0.05) is 126 Å². The van der Waals surface area contributed by atoms with Gasteiger partial charge in [0.1, 0.15) is 0 Å². The Bertz CT molecular complexity index is 3880. The fourth-order valence-electron chi connectivity index (χ4n) is 11.3. The molecule has 7 aromatic carbocycles. The number of nitrogens with zero attached hydrogens (tertiary/aromatic N) is 1. The molecule has 0 unspecified atom stereocenters. The Morgan fingerprint density at radius 2 is 0.581 bits per heavy atom. The Labute approximate surface area is 938 Å². The first-order valence-corrected chi connectivity index (χ1v) is 74.7. The average molecular weight is 2760 g/mol. The monoisotopic (exact) mass is 2750 g/mol. The SMILES string of the molecule is C.CC(C)(CO)CO.CC1(C)COB(c2ccc(CBr)cc2)OC1.CC1(C)COB(c2ccc(CBr)cc2)OC1.CCCCS.CCCCSCc1ccc(B(O)O)cc1.CCCCSCc1ccc(B2OCC(C)(C)CO2)cc1.CCCCSCc1ccc(B2OCC(C)(C)CO2)cc1.Cc1ccc(B(O)O)cc1.Cc1ccc(B2OCC(C)(C)CO2)cc1.Cl.[B]=NS.[I][V]([I])[I].[I][V][I]. The maximum absolute atomic E-state index is 8.91. The predicted molar refractivity (Wildman–Crippen MR) is 646 cm³/mol. The summed E-state index contributed by atoms with van der Waals surface area (Å²) < 4.78 is 60.2. The van der Waals surface area contributed by atoms with Crippen LogP contribution < -0.4 is 38.2 Å². The zero-order valence-electron chi connectivity index (χ0n) is 82.6. The van der Waals surface area contributed by atoms with Crippen molar-refractivity contribution in [3.63, 3.8) is 0 Å². The average Bonchev–Trinajstić information content (AvgIpc) is 0.855. The van der Waals surface area contributed by atoms with Gasteiger partial charge < -0.3 is 76.9 Å². The molecule has 5 fully saturated rings. The fourth-order valence-corrected chi connectivity index (χ4v) is 15.5. The zero-order chi connectivity index (χ0) is 101. The van der Waals surface area contributed by atoms with Gasteiger partial charge in [0.05, 0.1) is 13.2 Å². The number of aryl methyl sites for hydroxylation is 2. The van der Waals surface area contributed by atoms with Crippen LogP contribution in [0.25, 0.3) is 0 Å². The molecule has 17 nitrogen and oxygen atoms in total. The minimum atomic E-state index is -1.35. The van der Waals surface area contributed by atoms with Crippen LogP contribution in [0.1, 0.15) is 209 Å². The number of aliphatic hydroxyl groups excluding tert-OH is 2. The number of benzene rings is 7. The molecule has 6 N–H and O–H groups in total. The topological polar surface area (TPSA) is 226 Å². The number of halogens is 8. The first kappa shape index (κ1) is 140. The fraction of sp³-hybridized carbons (Fsp3) is 0.562. The summed E-state index contributed by atoms with van der Waals surface area (Å²) in [6.45, 7) is 45.6. The van der Waals surface area contributed by atoms with E-state index < -0.39 is 14.2 Å². The number of thiol groups is 2. The molecule has 136 heavy (non-hydrogen) atoms. The normalized spacial score (nSPS) is 15.5. The van der Waals surface area contributed by atoms with Crippen LogP contribution in [-0.4, -0.2) is 190 Å². The Morgan fingerprint density at radius 1 is 0.404 bits per heavy atom. The Kier molecular flexibility index (Phi) is 84.3.